The number of hydrogen-bond acceptors (Lipinski definition) is 3. The molecule has 0 bridgehead atoms. The first-order chi connectivity index (χ1) is 12.4. The lowest BCUT2D eigenvalue weighted by atomic mass is 9.73. The number of benzene rings is 2. The van der Waals surface area contributed by atoms with E-state index in [1.165, 1.54) is 0 Å². The predicted octanol–water partition coefficient (Wildman–Crippen LogP) is 5.05. The summed E-state index contributed by atoms with van der Waals surface area (Å²) in [6, 6.07) is 12.3. The fourth-order valence-electron chi connectivity index (χ4n) is 3.97. The first-order valence-electron chi connectivity index (χ1n) is 8.81. The first-order valence-corrected chi connectivity index (χ1v) is 9.19. The standard InChI is InChI=1S/C22H23ClN2O/c1-14-12-16-20(13-18(14)24)26-19-10-5-4-8-15(19)21(16)17-9-6-7-11-22(17,23)25(2)3/h4-13,17,21H,24H2,1-3H3. The van der Waals surface area contributed by atoms with E-state index in [-0.39, 0.29) is 11.8 Å². The number of nitrogens with two attached hydrogens (primary N) is 1. The summed E-state index contributed by atoms with van der Waals surface area (Å²) in [6.07, 6.45) is 8.37. The molecule has 0 spiro atoms. The molecule has 0 aromatic heterocycles. The van der Waals surface area contributed by atoms with Gasteiger partial charge in [0.05, 0.1) is 0 Å². The van der Waals surface area contributed by atoms with Crippen LogP contribution in [-0.2, 0) is 0 Å². The van der Waals surface area contributed by atoms with Gasteiger partial charge in [-0.3, -0.25) is 4.90 Å². The summed E-state index contributed by atoms with van der Waals surface area (Å²) in [5.74, 6) is 1.82. The molecule has 2 aromatic carbocycles. The molecule has 0 saturated heterocycles. The van der Waals surface area contributed by atoms with Gasteiger partial charge >= 0.3 is 0 Å². The number of nitrogen functional groups attached to an aromatic ring is 1. The zero-order valence-corrected chi connectivity index (χ0v) is 16.0. The van der Waals surface area contributed by atoms with Crippen molar-refractivity contribution in [2.24, 2.45) is 5.92 Å². The largest absolute Gasteiger partial charge is 0.457 e. The second kappa shape index (κ2) is 6.19. The zero-order valence-electron chi connectivity index (χ0n) is 15.2. The van der Waals surface area contributed by atoms with Crippen LogP contribution in [0.25, 0.3) is 0 Å². The van der Waals surface area contributed by atoms with E-state index in [9.17, 15) is 0 Å². The summed E-state index contributed by atoms with van der Waals surface area (Å²) in [4.78, 5) is 1.46. The summed E-state index contributed by atoms with van der Waals surface area (Å²) >= 11 is 7.14. The van der Waals surface area contributed by atoms with E-state index in [0.29, 0.717) is 0 Å². The number of alkyl halides is 1. The van der Waals surface area contributed by atoms with Gasteiger partial charge in [0.2, 0.25) is 0 Å². The van der Waals surface area contributed by atoms with Crippen LogP contribution in [0.2, 0.25) is 0 Å². The third-order valence-corrected chi connectivity index (χ3v) is 6.20. The van der Waals surface area contributed by atoms with Crippen molar-refractivity contribution in [3.8, 4) is 11.5 Å². The minimum Gasteiger partial charge on any atom is -0.457 e. The second-order valence-corrected chi connectivity index (χ2v) is 7.86. The van der Waals surface area contributed by atoms with Crippen molar-refractivity contribution in [3.05, 3.63) is 77.4 Å². The van der Waals surface area contributed by atoms with Gasteiger partial charge in [-0.25, -0.2) is 0 Å². The minimum absolute atomic E-state index is 0.0518. The third kappa shape index (κ3) is 2.54. The molecule has 2 aliphatic rings. The van der Waals surface area contributed by atoms with E-state index in [1.807, 2.05) is 45.3 Å². The van der Waals surface area contributed by atoms with Crippen molar-refractivity contribution < 1.29 is 4.74 Å². The van der Waals surface area contributed by atoms with E-state index < -0.39 is 5.00 Å². The third-order valence-electron chi connectivity index (χ3n) is 5.48. The van der Waals surface area contributed by atoms with E-state index in [0.717, 1.165) is 33.9 Å². The lowest BCUT2D eigenvalue weighted by Crippen LogP contribution is -2.46. The molecular formula is C22H23ClN2O. The number of rotatable bonds is 2. The number of fused-ring (bicyclic) bond motifs is 2. The van der Waals surface area contributed by atoms with Crippen LogP contribution in [0, 0.1) is 12.8 Å². The number of halogens is 1. The van der Waals surface area contributed by atoms with Gasteiger partial charge in [0.15, 0.2) is 0 Å². The van der Waals surface area contributed by atoms with Crippen LogP contribution in [0.15, 0.2) is 60.7 Å². The van der Waals surface area contributed by atoms with Crippen LogP contribution in [0.1, 0.15) is 22.6 Å². The smallest absolute Gasteiger partial charge is 0.133 e. The maximum Gasteiger partial charge on any atom is 0.133 e. The van der Waals surface area contributed by atoms with Crippen molar-refractivity contribution in [1.82, 2.24) is 4.90 Å². The summed E-state index contributed by atoms with van der Waals surface area (Å²) in [7, 11) is 4.04. The molecule has 3 unspecified atom stereocenters. The van der Waals surface area contributed by atoms with Gasteiger partial charge in [-0.15, -0.1) is 0 Å². The Morgan fingerprint density at radius 3 is 2.62 bits per heavy atom. The summed E-state index contributed by atoms with van der Waals surface area (Å²) in [5.41, 5.74) is 10.2. The fourth-order valence-corrected chi connectivity index (χ4v) is 4.24. The first kappa shape index (κ1) is 17.2. The molecule has 1 heterocycles. The summed E-state index contributed by atoms with van der Waals surface area (Å²) in [5, 5.41) is 0. The molecule has 0 radical (unpaired) electrons. The van der Waals surface area contributed by atoms with Crippen LogP contribution >= 0.6 is 11.6 Å². The molecule has 1 aliphatic carbocycles. The lowest BCUT2D eigenvalue weighted by Gasteiger charge is -2.44. The SMILES string of the molecule is Cc1cc2c(cc1N)Oc1ccccc1C2C1C=CC=CC1(Cl)N(C)C. The topological polar surface area (TPSA) is 38.5 Å². The van der Waals surface area contributed by atoms with Gasteiger partial charge in [0.1, 0.15) is 16.5 Å². The number of ether oxygens (including phenoxy) is 1. The van der Waals surface area contributed by atoms with E-state index in [1.54, 1.807) is 0 Å². The Labute approximate surface area is 159 Å². The second-order valence-electron chi connectivity index (χ2n) is 7.26. The normalized spacial score (nSPS) is 26.3. The predicted molar refractivity (Wildman–Crippen MR) is 108 cm³/mol. The number of likely N-dealkylation sites (N-methyl/N-ethyl adjacent to an activating group) is 1. The highest BCUT2D eigenvalue weighted by molar-refractivity contribution is 6.25. The Kier molecular flexibility index (Phi) is 4.09. The molecule has 0 saturated carbocycles. The van der Waals surface area contributed by atoms with Crippen molar-refractivity contribution in [2.75, 3.05) is 19.8 Å². The van der Waals surface area contributed by atoms with Gasteiger partial charge in [0, 0.05) is 34.7 Å². The molecule has 2 N–H and O–H groups in total. The summed E-state index contributed by atoms with van der Waals surface area (Å²) in [6.45, 7) is 2.03. The zero-order chi connectivity index (χ0) is 18.5. The molecule has 0 fully saturated rings. The maximum atomic E-state index is 7.14. The highest BCUT2D eigenvalue weighted by atomic mass is 35.5. The number of nitrogens with zero attached hydrogens (tertiary/aromatic N) is 1. The number of allylic oxidation sites excluding steroid dienone is 2. The van der Waals surface area contributed by atoms with Gasteiger partial charge < -0.3 is 10.5 Å². The highest BCUT2D eigenvalue weighted by Crippen LogP contribution is 2.53. The van der Waals surface area contributed by atoms with Gasteiger partial charge in [-0.05, 0) is 44.8 Å². The Balaban J connectivity index is 1.95. The van der Waals surface area contributed by atoms with Crippen LogP contribution in [0.4, 0.5) is 5.69 Å². The van der Waals surface area contributed by atoms with E-state index >= 15 is 0 Å². The Bertz CT molecular complexity index is 918. The Hall–Kier alpha value is -2.23. The number of para-hydroxylation sites is 1. The van der Waals surface area contributed by atoms with E-state index in [4.69, 9.17) is 22.1 Å². The minimum atomic E-state index is -0.615. The van der Waals surface area contributed by atoms with Gasteiger partial charge in [-0.1, -0.05) is 48.0 Å². The van der Waals surface area contributed by atoms with Crippen molar-refractivity contribution in [2.45, 2.75) is 17.8 Å². The monoisotopic (exact) mass is 366 g/mol. The highest BCUT2D eigenvalue weighted by Gasteiger charge is 2.45. The van der Waals surface area contributed by atoms with Crippen LogP contribution in [-0.4, -0.2) is 24.0 Å². The van der Waals surface area contributed by atoms with Crippen molar-refractivity contribution in [3.63, 3.8) is 0 Å². The van der Waals surface area contributed by atoms with Crippen LogP contribution < -0.4 is 10.5 Å². The molecule has 3 nitrogen and oxygen atoms in total. The molecule has 4 rings (SSSR count). The van der Waals surface area contributed by atoms with Crippen molar-refractivity contribution >= 4 is 17.3 Å². The van der Waals surface area contributed by atoms with Crippen LogP contribution in [0.5, 0.6) is 11.5 Å². The maximum absolute atomic E-state index is 7.14. The number of hydrogen-bond donors (Lipinski definition) is 1. The number of aryl methyl sites for hydroxylation is 1. The van der Waals surface area contributed by atoms with Gasteiger partial charge in [-0.2, -0.15) is 0 Å². The van der Waals surface area contributed by atoms with E-state index in [2.05, 4.69) is 41.3 Å². The Morgan fingerprint density at radius 2 is 1.85 bits per heavy atom. The molecular weight excluding hydrogens is 344 g/mol. The average Bonchev–Trinajstić information content (AvgIpc) is 2.62. The Morgan fingerprint density at radius 1 is 1.08 bits per heavy atom. The molecule has 4 heteroatoms. The van der Waals surface area contributed by atoms with Crippen LogP contribution in [0.3, 0.4) is 0 Å². The molecule has 3 atom stereocenters. The van der Waals surface area contributed by atoms with Crippen molar-refractivity contribution in [1.29, 1.82) is 0 Å². The average molecular weight is 367 g/mol. The lowest BCUT2D eigenvalue weighted by molar-refractivity contribution is 0.222. The number of anilines is 1. The fraction of sp³-hybridized carbons (Fsp3) is 0.273. The van der Waals surface area contributed by atoms with Gasteiger partial charge in [0.25, 0.3) is 0 Å². The quantitative estimate of drug-likeness (QED) is 0.459. The molecule has 0 amide bonds. The molecule has 26 heavy (non-hydrogen) atoms. The molecule has 2 aromatic rings. The molecule has 134 valence electrons. The summed E-state index contributed by atoms with van der Waals surface area (Å²) < 4.78 is 6.18. The molecule has 1 aliphatic heterocycles.